The van der Waals surface area contributed by atoms with E-state index in [2.05, 4.69) is 35.9 Å². The van der Waals surface area contributed by atoms with E-state index in [0.717, 1.165) is 5.52 Å². The van der Waals surface area contributed by atoms with Crippen LogP contribution in [-0.4, -0.2) is 16.1 Å². The van der Waals surface area contributed by atoms with Crippen LogP contribution in [0.2, 0.25) is 0 Å². The molecule has 1 heterocycles. The predicted molar refractivity (Wildman–Crippen MR) is 79.1 cm³/mol. The van der Waals surface area contributed by atoms with Gasteiger partial charge in [-0.3, -0.25) is 0 Å². The largest absolute Gasteiger partial charge is 0.331 e. The van der Waals surface area contributed by atoms with Crippen molar-refractivity contribution in [1.29, 1.82) is 0 Å². The van der Waals surface area contributed by atoms with Crippen molar-refractivity contribution in [1.82, 2.24) is 9.55 Å². The van der Waals surface area contributed by atoms with E-state index in [9.17, 15) is 0 Å². The number of fused-ring (bicyclic) bond motifs is 1. The Morgan fingerprint density at radius 2 is 1.84 bits per heavy atom. The first-order valence-corrected chi connectivity index (χ1v) is 7.39. The monoisotopic (exact) mass is 257 g/mol. The van der Waals surface area contributed by atoms with E-state index in [4.69, 9.17) is 10.7 Å². The maximum Gasteiger partial charge on any atom is 0.117 e. The molecule has 0 atom stereocenters. The van der Waals surface area contributed by atoms with Gasteiger partial charge in [0, 0.05) is 19.0 Å². The van der Waals surface area contributed by atoms with E-state index < -0.39 is 0 Å². The minimum atomic E-state index is 0.0876. The Bertz CT molecular complexity index is 562. The van der Waals surface area contributed by atoms with Gasteiger partial charge in [-0.25, -0.2) is 4.98 Å². The average Bonchev–Trinajstić information content (AvgIpc) is 2.65. The predicted octanol–water partition coefficient (Wildman–Crippen LogP) is 3.12. The second-order valence-electron chi connectivity index (χ2n) is 5.88. The van der Waals surface area contributed by atoms with Gasteiger partial charge >= 0.3 is 0 Å². The molecule has 0 unspecified atom stereocenters. The lowest BCUT2D eigenvalue weighted by Crippen LogP contribution is -2.37. The van der Waals surface area contributed by atoms with Gasteiger partial charge in [0.25, 0.3) is 0 Å². The fourth-order valence-electron chi connectivity index (χ4n) is 3.54. The molecular weight excluding hydrogens is 234 g/mol. The van der Waals surface area contributed by atoms with Crippen molar-refractivity contribution in [2.45, 2.75) is 43.9 Å². The topological polar surface area (TPSA) is 43.8 Å². The van der Waals surface area contributed by atoms with Crippen LogP contribution >= 0.6 is 0 Å². The lowest BCUT2D eigenvalue weighted by molar-refractivity contribution is 0.351. The molecule has 0 radical (unpaired) electrons. The molecule has 3 nitrogen and oxygen atoms in total. The molecule has 1 saturated carbocycles. The van der Waals surface area contributed by atoms with E-state index in [1.807, 2.05) is 0 Å². The summed E-state index contributed by atoms with van der Waals surface area (Å²) in [7, 11) is 2.13. The summed E-state index contributed by atoms with van der Waals surface area (Å²) in [6.45, 7) is 0.712. The second kappa shape index (κ2) is 4.97. The highest BCUT2D eigenvalue weighted by Gasteiger charge is 2.35. The highest BCUT2D eigenvalue weighted by atomic mass is 15.1. The molecule has 0 aliphatic heterocycles. The zero-order chi connectivity index (χ0) is 13.3. The highest BCUT2D eigenvalue weighted by Crippen LogP contribution is 2.37. The molecule has 1 aliphatic carbocycles. The van der Waals surface area contributed by atoms with Crippen molar-refractivity contribution >= 4 is 11.0 Å². The molecule has 1 aliphatic rings. The number of aromatic nitrogens is 2. The molecule has 2 N–H and O–H groups in total. The molecule has 0 bridgehead atoms. The number of imidazole rings is 1. The Morgan fingerprint density at radius 3 is 2.47 bits per heavy atom. The van der Waals surface area contributed by atoms with Crippen molar-refractivity contribution in [3.8, 4) is 0 Å². The van der Waals surface area contributed by atoms with Crippen LogP contribution in [0.4, 0.5) is 0 Å². The fraction of sp³-hybridized carbons (Fsp3) is 0.562. The maximum absolute atomic E-state index is 6.18. The van der Waals surface area contributed by atoms with Gasteiger partial charge < -0.3 is 10.3 Å². The Balaban J connectivity index is 2.12. The van der Waals surface area contributed by atoms with Gasteiger partial charge in [-0.2, -0.15) is 0 Å². The normalized spacial score (nSPS) is 19.5. The number of rotatable bonds is 2. The summed E-state index contributed by atoms with van der Waals surface area (Å²) >= 11 is 0. The third-order valence-corrected chi connectivity index (χ3v) is 4.71. The second-order valence-corrected chi connectivity index (χ2v) is 5.88. The molecule has 19 heavy (non-hydrogen) atoms. The summed E-state index contributed by atoms with van der Waals surface area (Å²) in [5.74, 6) is 1.19. The van der Waals surface area contributed by atoms with Gasteiger partial charge in [0.15, 0.2) is 0 Å². The standard InChI is InChI=1S/C16H23N3/c1-19-14-9-5-4-8-13(14)18-15(19)16(12-17)10-6-2-3-7-11-16/h4-5,8-9H,2-3,6-7,10-12,17H2,1H3. The summed E-state index contributed by atoms with van der Waals surface area (Å²) in [5.41, 5.74) is 8.58. The quantitative estimate of drug-likeness (QED) is 0.840. The Labute approximate surface area is 114 Å². The molecule has 1 fully saturated rings. The van der Waals surface area contributed by atoms with E-state index >= 15 is 0 Å². The van der Waals surface area contributed by atoms with Crippen LogP contribution < -0.4 is 5.73 Å². The average molecular weight is 257 g/mol. The van der Waals surface area contributed by atoms with E-state index in [1.54, 1.807) is 0 Å². The summed E-state index contributed by atoms with van der Waals surface area (Å²) in [4.78, 5) is 4.90. The van der Waals surface area contributed by atoms with Gasteiger partial charge in [0.05, 0.1) is 11.0 Å². The summed E-state index contributed by atoms with van der Waals surface area (Å²) in [5, 5.41) is 0. The van der Waals surface area contributed by atoms with E-state index in [0.29, 0.717) is 6.54 Å². The molecule has 1 aromatic carbocycles. The van der Waals surface area contributed by atoms with Crippen molar-refractivity contribution in [2.75, 3.05) is 6.54 Å². The van der Waals surface area contributed by atoms with Gasteiger partial charge in [0.1, 0.15) is 5.82 Å². The highest BCUT2D eigenvalue weighted by molar-refractivity contribution is 5.76. The van der Waals surface area contributed by atoms with Crippen molar-refractivity contribution in [3.05, 3.63) is 30.1 Å². The minimum absolute atomic E-state index is 0.0876. The molecule has 3 rings (SSSR count). The van der Waals surface area contributed by atoms with E-state index in [1.165, 1.54) is 49.9 Å². The lowest BCUT2D eigenvalue weighted by Gasteiger charge is -2.30. The van der Waals surface area contributed by atoms with Crippen LogP contribution in [0.25, 0.3) is 11.0 Å². The van der Waals surface area contributed by atoms with Crippen molar-refractivity contribution in [3.63, 3.8) is 0 Å². The molecule has 0 spiro atoms. The zero-order valence-corrected chi connectivity index (χ0v) is 11.7. The molecular formula is C16H23N3. The van der Waals surface area contributed by atoms with Gasteiger partial charge in [-0.15, -0.1) is 0 Å². The number of nitrogens with zero attached hydrogens (tertiary/aromatic N) is 2. The van der Waals surface area contributed by atoms with Gasteiger partial charge in [0.2, 0.25) is 0 Å². The minimum Gasteiger partial charge on any atom is -0.331 e. The molecule has 102 valence electrons. The van der Waals surface area contributed by atoms with Crippen LogP contribution in [0.5, 0.6) is 0 Å². The van der Waals surface area contributed by atoms with Crippen LogP contribution in [0.3, 0.4) is 0 Å². The number of hydrogen-bond donors (Lipinski definition) is 1. The van der Waals surface area contributed by atoms with Crippen LogP contribution in [-0.2, 0) is 12.5 Å². The molecule has 3 heteroatoms. The Hall–Kier alpha value is -1.35. The first-order valence-electron chi connectivity index (χ1n) is 7.39. The number of hydrogen-bond acceptors (Lipinski definition) is 2. The fourth-order valence-corrected chi connectivity index (χ4v) is 3.54. The van der Waals surface area contributed by atoms with Crippen LogP contribution in [0.15, 0.2) is 24.3 Å². The number of benzene rings is 1. The van der Waals surface area contributed by atoms with Crippen LogP contribution in [0, 0.1) is 0 Å². The summed E-state index contributed by atoms with van der Waals surface area (Å²) in [6.07, 6.45) is 7.60. The molecule has 1 aromatic heterocycles. The van der Waals surface area contributed by atoms with Gasteiger partial charge in [-0.05, 0) is 25.0 Å². The van der Waals surface area contributed by atoms with Crippen molar-refractivity contribution < 1.29 is 0 Å². The molecule has 2 aromatic rings. The Kier molecular flexibility index (Phi) is 3.31. The number of para-hydroxylation sites is 2. The summed E-state index contributed by atoms with van der Waals surface area (Å²) < 4.78 is 2.26. The summed E-state index contributed by atoms with van der Waals surface area (Å²) in [6, 6.07) is 8.38. The number of nitrogens with two attached hydrogens (primary N) is 1. The third kappa shape index (κ3) is 2.06. The SMILES string of the molecule is Cn1c(C2(CN)CCCCCC2)nc2ccccc21. The van der Waals surface area contributed by atoms with Crippen LogP contribution in [0.1, 0.15) is 44.3 Å². The number of aryl methyl sites for hydroxylation is 1. The van der Waals surface area contributed by atoms with Gasteiger partial charge in [-0.1, -0.05) is 37.8 Å². The maximum atomic E-state index is 6.18. The molecule has 0 saturated heterocycles. The van der Waals surface area contributed by atoms with E-state index in [-0.39, 0.29) is 5.41 Å². The van der Waals surface area contributed by atoms with Crippen molar-refractivity contribution in [2.24, 2.45) is 12.8 Å². The first-order chi connectivity index (χ1) is 9.27. The smallest absolute Gasteiger partial charge is 0.117 e. The Morgan fingerprint density at radius 1 is 1.16 bits per heavy atom. The molecule has 0 amide bonds. The third-order valence-electron chi connectivity index (χ3n) is 4.71. The first kappa shape index (κ1) is 12.7. The lowest BCUT2D eigenvalue weighted by atomic mass is 9.79. The zero-order valence-electron chi connectivity index (χ0n) is 11.7.